The summed E-state index contributed by atoms with van der Waals surface area (Å²) in [5.74, 6) is -0.404. The molecule has 1 atom stereocenters. The number of piperazine rings is 1. The van der Waals surface area contributed by atoms with Crippen LogP contribution in [-0.2, 0) is 19.4 Å². The highest BCUT2D eigenvalue weighted by atomic mass is 32.2. The van der Waals surface area contributed by atoms with Gasteiger partial charge in [0.2, 0.25) is 11.8 Å². The number of carbonyl (C=O) groups is 2. The van der Waals surface area contributed by atoms with E-state index in [2.05, 4.69) is 5.32 Å². The first kappa shape index (κ1) is 18.4. The van der Waals surface area contributed by atoms with E-state index in [4.69, 9.17) is 0 Å². The summed E-state index contributed by atoms with van der Waals surface area (Å²) in [5.41, 5.74) is 0. The molecule has 0 aromatic heterocycles. The molecule has 0 saturated carbocycles. The van der Waals surface area contributed by atoms with Crippen LogP contribution in [0.5, 0.6) is 0 Å². The van der Waals surface area contributed by atoms with Gasteiger partial charge in [0, 0.05) is 40.2 Å². The minimum absolute atomic E-state index is 0.0163. The van der Waals surface area contributed by atoms with Crippen LogP contribution in [0.3, 0.4) is 0 Å². The molecule has 1 aliphatic heterocycles. The molecule has 24 heavy (non-hydrogen) atoms. The zero-order valence-corrected chi connectivity index (χ0v) is 14.8. The largest absolute Gasteiger partial charge is 0.357 e. The van der Waals surface area contributed by atoms with E-state index < -0.39 is 15.9 Å². The monoisotopic (exact) mass is 353 g/mol. The summed E-state index contributed by atoms with van der Waals surface area (Å²) >= 11 is 0. The summed E-state index contributed by atoms with van der Waals surface area (Å²) in [5, 5.41) is 2.56. The van der Waals surface area contributed by atoms with Crippen LogP contribution in [0.2, 0.25) is 0 Å². The van der Waals surface area contributed by atoms with Gasteiger partial charge in [-0.1, -0.05) is 18.2 Å². The first-order valence-corrected chi connectivity index (χ1v) is 9.49. The molecule has 7 nitrogen and oxygen atoms in total. The van der Waals surface area contributed by atoms with Crippen molar-refractivity contribution >= 4 is 21.7 Å². The Bertz CT molecular complexity index is 691. The van der Waals surface area contributed by atoms with Crippen molar-refractivity contribution < 1.29 is 18.0 Å². The number of nitrogens with zero attached hydrogens (tertiary/aromatic N) is 2. The van der Waals surface area contributed by atoms with Crippen molar-refractivity contribution in [1.82, 2.24) is 15.1 Å². The normalized spacial score (nSPS) is 19.1. The van der Waals surface area contributed by atoms with Gasteiger partial charge in [-0.25, -0.2) is 8.42 Å². The van der Waals surface area contributed by atoms with Gasteiger partial charge < -0.3 is 10.2 Å². The number of hydrogen-bond donors (Lipinski definition) is 1. The van der Waals surface area contributed by atoms with E-state index in [1.807, 2.05) is 4.90 Å². The maximum Gasteiger partial charge on any atom is 0.243 e. The summed E-state index contributed by atoms with van der Waals surface area (Å²) in [6, 6.07) is 7.74. The summed E-state index contributed by atoms with van der Waals surface area (Å²) in [6.07, 6.45) is 0. The fourth-order valence-electron chi connectivity index (χ4n) is 2.81. The standard InChI is InChI=1S/C16H23N3O4S/c1-13(20)19-9-8-18(12-15(19)16(21)17-2)10-11-24(22,23)14-6-4-3-5-7-14/h3-7,15H,8-12H2,1-2H3,(H,17,21). The number of benzene rings is 1. The minimum Gasteiger partial charge on any atom is -0.357 e. The molecule has 1 saturated heterocycles. The average molecular weight is 353 g/mol. The molecular weight excluding hydrogens is 330 g/mol. The van der Waals surface area contributed by atoms with Gasteiger partial charge in [-0.2, -0.15) is 0 Å². The molecule has 8 heteroatoms. The third-order valence-corrected chi connectivity index (χ3v) is 5.91. The number of likely N-dealkylation sites (N-methyl/N-ethyl adjacent to an activating group) is 1. The molecule has 1 aromatic rings. The Labute approximate surface area is 142 Å². The van der Waals surface area contributed by atoms with E-state index in [1.165, 1.54) is 18.9 Å². The lowest BCUT2D eigenvalue weighted by molar-refractivity contribution is -0.142. The Hall–Kier alpha value is -1.93. The highest BCUT2D eigenvalue weighted by molar-refractivity contribution is 7.91. The van der Waals surface area contributed by atoms with Gasteiger partial charge in [0.05, 0.1) is 10.6 Å². The van der Waals surface area contributed by atoms with Crippen molar-refractivity contribution in [2.45, 2.75) is 17.9 Å². The molecule has 0 radical (unpaired) electrons. The van der Waals surface area contributed by atoms with Crippen molar-refractivity contribution in [3.8, 4) is 0 Å². The molecule has 0 spiro atoms. The van der Waals surface area contributed by atoms with E-state index in [0.717, 1.165) is 0 Å². The van der Waals surface area contributed by atoms with Gasteiger partial charge in [0.15, 0.2) is 9.84 Å². The maximum atomic E-state index is 12.3. The summed E-state index contributed by atoms with van der Waals surface area (Å²) in [6.45, 7) is 3.07. The van der Waals surface area contributed by atoms with E-state index in [0.29, 0.717) is 31.1 Å². The molecule has 1 unspecified atom stereocenters. The number of carbonyl (C=O) groups excluding carboxylic acids is 2. The van der Waals surface area contributed by atoms with E-state index >= 15 is 0 Å². The fourth-order valence-corrected chi connectivity index (χ4v) is 4.11. The summed E-state index contributed by atoms with van der Waals surface area (Å²) in [7, 11) is -1.83. The summed E-state index contributed by atoms with van der Waals surface area (Å²) < 4.78 is 24.7. The Morgan fingerprint density at radius 3 is 2.46 bits per heavy atom. The molecule has 1 fully saturated rings. The van der Waals surface area contributed by atoms with Crippen LogP contribution in [0.25, 0.3) is 0 Å². The summed E-state index contributed by atoms with van der Waals surface area (Å²) in [4.78, 5) is 27.4. The molecule has 2 amide bonds. The molecule has 132 valence electrons. The lowest BCUT2D eigenvalue weighted by Gasteiger charge is -2.39. The second-order valence-corrected chi connectivity index (χ2v) is 7.88. The van der Waals surface area contributed by atoms with E-state index in [1.54, 1.807) is 30.3 Å². The van der Waals surface area contributed by atoms with Crippen molar-refractivity contribution in [2.75, 3.05) is 39.0 Å². The van der Waals surface area contributed by atoms with Crippen molar-refractivity contribution in [3.63, 3.8) is 0 Å². The van der Waals surface area contributed by atoms with E-state index in [9.17, 15) is 18.0 Å². The minimum atomic E-state index is -3.36. The molecule has 0 bridgehead atoms. The number of hydrogen-bond acceptors (Lipinski definition) is 5. The van der Waals surface area contributed by atoms with Gasteiger partial charge in [-0.15, -0.1) is 0 Å². The van der Waals surface area contributed by atoms with Crippen LogP contribution < -0.4 is 5.32 Å². The molecule has 0 aliphatic carbocycles. The number of amides is 2. The lowest BCUT2D eigenvalue weighted by atomic mass is 10.1. The number of sulfone groups is 1. The maximum absolute atomic E-state index is 12.3. The SMILES string of the molecule is CNC(=O)C1CN(CCS(=O)(=O)c2ccccc2)CCN1C(C)=O. The average Bonchev–Trinajstić information content (AvgIpc) is 2.59. The fraction of sp³-hybridized carbons (Fsp3) is 0.500. The highest BCUT2D eigenvalue weighted by Crippen LogP contribution is 2.14. The van der Waals surface area contributed by atoms with Crippen molar-refractivity contribution in [3.05, 3.63) is 30.3 Å². The number of rotatable bonds is 5. The van der Waals surface area contributed by atoms with Crippen LogP contribution in [0.4, 0.5) is 0 Å². The first-order valence-electron chi connectivity index (χ1n) is 7.84. The molecular formula is C16H23N3O4S. The van der Waals surface area contributed by atoms with E-state index in [-0.39, 0.29) is 17.6 Å². The van der Waals surface area contributed by atoms with Gasteiger partial charge in [0.25, 0.3) is 0 Å². The van der Waals surface area contributed by atoms with Gasteiger partial charge in [-0.3, -0.25) is 14.5 Å². The van der Waals surface area contributed by atoms with Crippen LogP contribution in [0.15, 0.2) is 35.2 Å². The Kier molecular flexibility index (Phi) is 5.95. The zero-order chi connectivity index (χ0) is 17.7. The van der Waals surface area contributed by atoms with Crippen molar-refractivity contribution in [1.29, 1.82) is 0 Å². The van der Waals surface area contributed by atoms with Crippen LogP contribution >= 0.6 is 0 Å². The van der Waals surface area contributed by atoms with Crippen LogP contribution in [-0.4, -0.2) is 75.1 Å². The highest BCUT2D eigenvalue weighted by Gasteiger charge is 2.33. The Balaban J connectivity index is 2.01. The zero-order valence-electron chi connectivity index (χ0n) is 13.9. The van der Waals surface area contributed by atoms with Gasteiger partial charge in [-0.05, 0) is 12.1 Å². The number of nitrogens with one attached hydrogen (secondary N) is 1. The lowest BCUT2D eigenvalue weighted by Crippen LogP contribution is -2.60. The molecule has 1 N–H and O–H groups in total. The Morgan fingerprint density at radius 2 is 1.88 bits per heavy atom. The third-order valence-electron chi connectivity index (χ3n) is 4.20. The molecule has 1 aromatic carbocycles. The second kappa shape index (κ2) is 7.76. The smallest absolute Gasteiger partial charge is 0.243 e. The van der Waals surface area contributed by atoms with Crippen LogP contribution in [0, 0.1) is 0 Å². The van der Waals surface area contributed by atoms with Crippen molar-refractivity contribution in [2.24, 2.45) is 0 Å². The Morgan fingerprint density at radius 1 is 1.21 bits per heavy atom. The quantitative estimate of drug-likeness (QED) is 0.788. The van der Waals surface area contributed by atoms with Crippen LogP contribution in [0.1, 0.15) is 6.92 Å². The third kappa shape index (κ3) is 4.33. The van der Waals surface area contributed by atoms with Gasteiger partial charge >= 0.3 is 0 Å². The predicted molar refractivity (Wildman–Crippen MR) is 90.2 cm³/mol. The second-order valence-electron chi connectivity index (χ2n) is 5.77. The van der Waals surface area contributed by atoms with Gasteiger partial charge in [0.1, 0.15) is 6.04 Å². The predicted octanol–water partition coefficient (Wildman–Crippen LogP) is -0.261. The molecule has 1 heterocycles. The topological polar surface area (TPSA) is 86.8 Å². The molecule has 2 rings (SSSR count). The first-order chi connectivity index (χ1) is 11.3. The molecule has 1 aliphatic rings.